The van der Waals surface area contributed by atoms with E-state index in [1.165, 1.54) is 11.1 Å². The van der Waals surface area contributed by atoms with Crippen LogP contribution in [-0.2, 0) is 6.54 Å². The third kappa shape index (κ3) is 4.73. The van der Waals surface area contributed by atoms with E-state index in [1.54, 1.807) is 6.08 Å². The summed E-state index contributed by atoms with van der Waals surface area (Å²) in [7, 11) is 0. The van der Waals surface area contributed by atoms with Gasteiger partial charge in [-0.1, -0.05) is 58.9 Å². The van der Waals surface area contributed by atoms with Gasteiger partial charge in [0.1, 0.15) is 12.4 Å². The Morgan fingerprint density at radius 1 is 1.19 bits per heavy atom. The lowest BCUT2D eigenvalue weighted by atomic mass is 10.1. The summed E-state index contributed by atoms with van der Waals surface area (Å²) in [5.41, 5.74) is 2.50. The van der Waals surface area contributed by atoms with Gasteiger partial charge in [-0.3, -0.25) is 0 Å². The van der Waals surface area contributed by atoms with Gasteiger partial charge in [-0.2, -0.15) is 0 Å². The second-order valence-corrected chi connectivity index (χ2v) is 5.72. The van der Waals surface area contributed by atoms with Crippen LogP contribution in [0.2, 0.25) is 0 Å². The maximum atomic E-state index is 5.48. The number of hydrogen-bond donors (Lipinski definition) is 1. The third-order valence-electron chi connectivity index (χ3n) is 3.28. The molecule has 0 fully saturated rings. The molecular weight excluding hydrogens is 326 g/mol. The molecule has 2 aromatic rings. The zero-order chi connectivity index (χ0) is 15.1. The van der Waals surface area contributed by atoms with E-state index in [4.69, 9.17) is 4.74 Å². The van der Waals surface area contributed by atoms with Crippen molar-refractivity contribution in [2.24, 2.45) is 0 Å². The van der Waals surface area contributed by atoms with Gasteiger partial charge in [-0.15, -0.1) is 0 Å². The van der Waals surface area contributed by atoms with Gasteiger partial charge in [-0.05, 0) is 36.2 Å². The molecule has 0 aliphatic carbocycles. The zero-order valence-electron chi connectivity index (χ0n) is 12.2. The summed E-state index contributed by atoms with van der Waals surface area (Å²) in [6, 6.07) is 16.7. The van der Waals surface area contributed by atoms with Gasteiger partial charge in [-0.25, -0.2) is 0 Å². The SMILES string of the molecule is C=CCOc1ccc(CNC(C)c2ccccc2Br)cc1. The number of halogens is 1. The summed E-state index contributed by atoms with van der Waals surface area (Å²) in [6.45, 7) is 7.17. The number of ether oxygens (including phenoxy) is 1. The van der Waals surface area contributed by atoms with Crippen molar-refractivity contribution in [1.29, 1.82) is 0 Å². The van der Waals surface area contributed by atoms with Crippen LogP contribution in [0.5, 0.6) is 5.75 Å². The Hall–Kier alpha value is -1.58. The minimum absolute atomic E-state index is 0.289. The van der Waals surface area contributed by atoms with Crippen molar-refractivity contribution in [3.63, 3.8) is 0 Å². The van der Waals surface area contributed by atoms with E-state index < -0.39 is 0 Å². The molecule has 0 heterocycles. The van der Waals surface area contributed by atoms with Crippen LogP contribution in [0.1, 0.15) is 24.1 Å². The summed E-state index contributed by atoms with van der Waals surface area (Å²) in [5.74, 6) is 0.873. The maximum Gasteiger partial charge on any atom is 0.119 e. The van der Waals surface area contributed by atoms with E-state index >= 15 is 0 Å². The van der Waals surface area contributed by atoms with Gasteiger partial charge in [0.2, 0.25) is 0 Å². The Balaban J connectivity index is 1.90. The predicted octanol–water partition coefficient (Wildman–Crippen LogP) is 4.86. The van der Waals surface area contributed by atoms with Crippen molar-refractivity contribution in [2.45, 2.75) is 19.5 Å². The smallest absolute Gasteiger partial charge is 0.119 e. The van der Waals surface area contributed by atoms with Crippen molar-refractivity contribution in [1.82, 2.24) is 5.32 Å². The fraction of sp³-hybridized carbons (Fsp3) is 0.222. The maximum absolute atomic E-state index is 5.48. The monoisotopic (exact) mass is 345 g/mol. The van der Waals surface area contributed by atoms with Gasteiger partial charge in [0.25, 0.3) is 0 Å². The largest absolute Gasteiger partial charge is 0.490 e. The minimum Gasteiger partial charge on any atom is -0.490 e. The normalized spacial score (nSPS) is 11.9. The Labute approximate surface area is 135 Å². The molecule has 3 heteroatoms. The van der Waals surface area contributed by atoms with Crippen LogP contribution >= 0.6 is 15.9 Å². The first kappa shape index (κ1) is 15.8. The molecule has 0 amide bonds. The third-order valence-corrected chi connectivity index (χ3v) is 4.00. The van der Waals surface area contributed by atoms with Gasteiger partial charge >= 0.3 is 0 Å². The van der Waals surface area contributed by atoms with Crippen molar-refractivity contribution in [3.05, 3.63) is 76.8 Å². The second-order valence-electron chi connectivity index (χ2n) is 4.87. The van der Waals surface area contributed by atoms with Gasteiger partial charge in [0.15, 0.2) is 0 Å². The molecule has 0 bridgehead atoms. The average molecular weight is 346 g/mol. The van der Waals surface area contributed by atoms with Crippen molar-refractivity contribution < 1.29 is 4.74 Å². The number of rotatable bonds is 7. The summed E-state index contributed by atoms with van der Waals surface area (Å²) in [5, 5.41) is 3.53. The lowest BCUT2D eigenvalue weighted by Gasteiger charge is -2.16. The van der Waals surface area contributed by atoms with Crippen LogP contribution in [0.3, 0.4) is 0 Å². The van der Waals surface area contributed by atoms with E-state index in [0.29, 0.717) is 6.61 Å². The molecule has 0 aromatic heterocycles. The van der Waals surface area contributed by atoms with Crippen molar-refractivity contribution in [3.8, 4) is 5.75 Å². The van der Waals surface area contributed by atoms with Crippen molar-refractivity contribution in [2.75, 3.05) is 6.61 Å². The summed E-state index contributed by atoms with van der Waals surface area (Å²) in [6.07, 6.45) is 1.74. The molecule has 2 rings (SSSR count). The molecule has 21 heavy (non-hydrogen) atoms. The van der Waals surface area contributed by atoms with Crippen LogP contribution in [0, 0.1) is 0 Å². The highest BCUT2D eigenvalue weighted by molar-refractivity contribution is 9.10. The highest BCUT2D eigenvalue weighted by Gasteiger charge is 2.07. The molecule has 0 radical (unpaired) electrons. The van der Waals surface area contributed by atoms with Gasteiger partial charge in [0, 0.05) is 17.1 Å². The molecule has 0 aliphatic heterocycles. The molecule has 1 atom stereocenters. The van der Waals surface area contributed by atoms with E-state index in [0.717, 1.165) is 16.8 Å². The zero-order valence-corrected chi connectivity index (χ0v) is 13.8. The van der Waals surface area contributed by atoms with E-state index in [2.05, 4.69) is 65.1 Å². The van der Waals surface area contributed by atoms with E-state index in [9.17, 15) is 0 Å². The molecule has 0 aliphatic rings. The molecule has 0 saturated carbocycles. The lowest BCUT2D eigenvalue weighted by molar-refractivity contribution is 0.363. The van der Waals surface area contributed by atoms with Crippen molar-refractivity contribution >= 4 is 15.9 Å². The highest BCUT2D eigenvalue weighted by Crippen LogP contribution is 2.23. The number of hydrogen-bond acceptors (Lipinski definition) is 2. The molecule has 1 unspecified atom stereocenters. The minimum atomic E-state index is 0.289. The molecule has 2 aromatic carbocycles. The molecule has 0 spiro atoms. The first-order valence-electron chi connectivity index (χ1n) is 7.01. The predicted molar refractivity (Wildman–Crippen MR) is 91.5 cm³/mol. The first-order valence-corrected chi connectivity index (χ1v) is 7.80. The van der Waals surface area contributed by atoms with Gasteiger partial charge < -0.3 is 10.1 Å². The van der Waals surface area contributed by atoms with Crippen LogP contribution in [0.25, 0.3) is 0 Å². The summed E-state index contributed by atoms with van der Waals surface area (Å²) < 4.78 is 6.61. The quantitative estimate of drug-likeness (QED) is 0.723. The van der Waals surface area contributed by atoms with Crippen LogP contribution in [0.15, 0.2) is 65.7 Å². The number of benzene rings is 2. The van der Waals surface area contributed by atoms with Crippen LogP contribution < -0.4 is 10.1 Å². The van der Waals surface area contributed by atoms with Crippen LogP contribution in [0.4, 0.5) is 0 Å². The Morgan fingerprint density at radius 3 is 2.57 bits per heavy atom. The fourth-order valence-electron chi connectivity index (χ4n) is 2.07. The molecule has 2 nitrogen and oxygen atoms in total. The molecular formula is C18H20BrNO. The Morgan fingerprint density at radius 2 is 1.90 bits per heavy atom. The topological polar surface area (TPSA) is 21.3 Å². The Kier molecular flexibility index (Phi) is 6.03. The Bertz CT molecular complexity index is 580. The molecule has 110 valence electrons. The molecule has 0 saturated heterocycles. The second kappa shape index (κ2) is 8.01. The number of nitrogens with one attached hydrogen (secondary N) is 1. The summed E-state index contributed by atoms with van der Waals surface area (Å²) in [4.78, 5) is 0. The average Bonchev–Trinajstić information content (AvgIpc) is 2.52. The lowest BCUT2D eigenvalue weighted by Crippen LogP contribution is -2.18. The van der Waals surface area contributed by atoms with E-state index in [1.807, 2.05) is 18.2 Å². The van der Waals surface area contributed by atoms with Gasteiger partial charge in [0.05, 0.1) is 0 Å². The van der Waals surface area contributed by atoms with Crippen LogP contribution in [-0.4, -0.2) is 6.61 Å². The highest BCUT2D eigenvalue weighted by atomic mass is 79.9. The van der Waals surface area contributed by atoms with E-state index in [-0.39, 0.29) is 6.04 Å². The summed E-state index contributed by atoms with van der Waals surface area (Å²) >= 11 is 3.59. The fourth-order valence-corrected chi connectivity index (χ4v) is 2.69. The molecule has 1 N–H and O–H groups in total. The standard InChI is InChI=1S/C18H20BrNO/c1-3-12-21-16-10-8-15(9-11-16)13-20-14(2)17-6-4-5-7-18(17)19/h3-11,14,20H,1,12-13H2,2H3. The first-order chi connectivity index (χ1) is 10.2.